The monoisotopic (exact) mass is 264 g/mol. The van der Waals surface area contributed by atoms with Gasteiger partial charge < -0.3 is 0 Å². The Morgan fingerprint density at radius 3 is 2.35 bits per heavy atom. The Labute approximate surface area is 108 Å². The summed E-state index contributed by atoms with van der Waals surface area (Å²) in [5, 5.41) is 3.83. The molecule has 0 amide bonds. The summed E-state index contributed by atoms with van der Waals surface area (Å²) in [4.78, 5) is 25.0. The van der Waals surface area contributed by atoms with E-state index in [1.807, 2.05) is 29.8 Å². The maximum atomic E-state index is 11.8. The van der Waals surface area contributed by atoms with Crippen LogP contribution in [-0.2, 0) is 0 Å². The van der Waals surface area contributed by atoms with Crippen molar-refractivity contribution in [3.63, 3.8) is 0 Å². The predicted octanol–water partition coefficient (Wildman–Crippen LogP) is 3.96. The molecule has 0 N–H and O–H groups in total. The van der Waals surface area contributed by atoms with Gasteiger partial charge in [-0.15, -0.1) is 22.7 Å². The normalized spacial score (nSPS) is 10.4. The van der Waals surface area contributed by atoms with Crippen molar-refractivity contribution in [2.45, 2.75) is 19.8 Å². The highest BCUT2D eigenvalue weighted by atomic mass is 32.1. The third-order valence-electron chi connectivity index (χ3n) is 2.38. The van der Waals surface area contributed by atoms with Gasteiger partial charge in [-0.2, -0.15) is 0 Å². The Balaban J connectivity index is 1.91. The van der Waals surface area contributed by atoms with E-state index in [0.717, 1.165) is 15.3 Å². The molecule has 0 unspecified atom stereocenters. The molecule has 2 aromatic heterocycles. The number of rotatable bonds is 5. The number of ketones is 2. The lowest BCUT2D eigenvalue weighted by Crippen LogP contribution is -2.02. The first-order valence-electron chi connectivity index (χ1n) is 5.32. The summed E-state index contributed by atoms with van der Waals surface area (Å²) in [6.07, 6.45) is 0.604. The lowest BCUT2D eigenvalue weighted by atomic mass is 10.1. The van der Waals surface area contributed by atoms with Crippen LogP contribution in [0.5, 0.6) is 0 Å². The highest BCUT2D eigenvalue weighted by molar-refractivity contribution is 7.12. The topological polar surface area (TPSA) is 34.1 Å². The van der Waals surface area contributed by atoms with Crippen LogP contribution in [0.15, 0.2) is 29.0 Å². The maximum absolute atomic E-state index is 11.8. The first-order valence-corrected chi connectivity index (χ1v) is 7.08. The second kappa shape index (κ2) is 5.38. The van der Waals surface area contributed by atoms with Crippen LogP contribution in [0.1, 0.15) is 37.7 Å². The fourth-order valence-electron chi connectivity index (χ4n) is 1.49. The number of carbonyl (C=O) groups is 2. The molecule has 0 aliphatic carbocycles. The van der Waals surface area contributed by atoms with Gasteiger partial charge in [0.2, 0.25) is 0 Å². The van der Waals surface area contributed by atoms with Crippen molar-refractivity contribution in [3.8, 4) is 0 Å². The van der Waals surface area contributed by atoms with E-state index in [9.17, 15) is 9.59 Å². The SMILES string of the molecule is Cc1csc(C(=O)CCC(=O)c2cccs2)c1. The van der Waals surface area contributed by atoms with E-state index in [1.165, 1.54) is 22.7 Å². The maximum Gasteiger partial charge on any atom is 0.173 e. The molecule has 2 aromatic rings. The van der Waals surface area contributed by atoms with Gasteiger partial charge in [0, 0.05) is 12.8 Å². The second-order valence-corrected chi connectivity index (χ2v) is 5.67. The molecule has 17 heavy (non-hydrogen) atoms. The Hall–Kier alpha value is -1.26. The lowest BCUT2D eigenvalue weighted by molar-refractivity contribution is 0.0921. The molecule has 2 nitrogen and oxygen atoms in total. The highest BCUT2D eigenvalue weighted by Crippen LogP contribution is 2.18. The van der Waals surface area contributed by atoms with Crippen LogP contribution in [0.3, 0.4) is 0 Å². The standard InChI is InChI=1S/C13H12O2S2/c1-9-7-13(17-8-9)11(15)5-4-10(14)12-3-2-6-16-12/h2-3,6-8H,4-5H2,1H3. The number of hydrogen-bond donors (Lipinski definition) is 0. The third kappa shape index (κ3) is 3.11. The third-order valence-corrected chi connectivity index (χ3v) is 4.38. The van der Waals surface area contributed by atoms with Gasteiger partial charge >= 0.3 is 0 Å². The zero-order valence-corrected chi connectivity index (χ0v) is 11.1. The first kappa shape index (κ1) is 12.2. The minimum atomic E-state index is 0.0571. The fourth-order valence-corrected chi connectivity index (χ4v) is 3.05. The van der Waals surface area contributed by atoms with Crippen LogP contribution < -0.4 is 0 Å². The molecule has 0 aromatic carbocycles. The van der Waals surface area contributed by atoms with E-state index < -0.39 is 0 Å². The molecule has 0 atom stereocenters. The van der Waals surface area contributed by atoms with Gasteiger partial charge in [-0.3, -0.25) is 9.59 Å². The van der Waals surface area contributed by atoms with Gasteiger partial charge in [-0.05, 0) is 35.4 Å². The van der Waals surface area contributed by atoms with Crippen LogP contribution in [0, 0.1) is 6.92 Å². The Bertz CT molecular complexity index is 523. The largest absolute Gasteiger partial charge is 0.293 e. The average molecular weight is 264 g/mol. The van der Waals surface area contributed by atoms with Crippen molar-refractivity contribution in [1.29, 1.82) is 0 Å². The number of carbonyl (C=O) groups excluding carboxylic acids is 2. The van der Waals surface area contributed by atoms with Crippen molar-refractivity contribution in [1.82, 2.24) is 0 Å². The van der Waals surface area contributed by atoms with Crippen molar-refractivity contribution < 1.29 is 9.59 Å². The molecule has 2 heterocycles. The Morgan fingerprint density at radius 1 is 1.12 bits per heavy atom. The summed E-state index contributed by atoms with van der Waals surface area (Å²) < 4.78 is 0. The van der Waals surface area contributed by atoms with E-state index in [0.29, 0.717) is 12.8 Å². The molecule has 0 aliphatic rings. The van der Waals surface area contributed by atoms with Gasteiger partial charge in [-0.1, -0.05) is 6.07 Å². The van der Waals surface area contributed by atoms with Crippen LogP contribution in [0.4, 0.5) is 0 Å². The van der Waals surface area contributed by atoms with Crippen molar-refractivity contribution in [2.75, 3.05) is 0 Å². The summed E-state index contributed by atoms with van der Waals surface area (Å²) in [6.45, 7) is 1.96. The summed E-state index contributed by atoms with van der Waals surface area (Å²) >= 11 is 2.87. The molecule has 0 fully saturated rings. The summed E-state index contributed by atoms with van der Waals surface area (Å²) in [5.74, 6) is 0.120. The van der Waals surface area contributed by atoms with Crippen LogP contribution in [0.2, 0.25) is 0 Å². The minimum Gasteiger partial charge on any atom is -0.293 e. The van der Waals surface area contributed by atoms with Crippen molar-refractivity contribution in [3.05, 3.63) is 44.3 Å². The van der Waals surface area contributed by atoms with Gasteiger partial charge in [0.15, 0.2) is 11.6 Å². The Morgan fingerprint density at radius 2 is 1.82 bits per heavy atom. The van der Waals surface area contributed by atoms with Gasteiger partial charge in [-0.25, -0.2) is 0 Å². The molecule has 0 saturated carbocycles. The zero-order valence-electron chi connectivity index (χ0n) is 9.43. The molecule has 2 rings (SSSR count). The number of Topliss-reactive ketones (excluding diaryl/α,β-unsaturated/α-hetero) is 2. The molecule has 0 spiro atoms. The second-order valence-electron chi connectivity index (χ2n) is 3.81. The fraction of sp³-hybridized carbons (Fsp3) is 0.231. The van der Waals surface area contributed by atoms with Crippen LogP contribution in [-0.4, -0.2) is 11.6 Å². The molecule has 4 heteroatoms. The van der Waals surface area contributed by atoms with E-state index in [1.54, 1.807) is 6.07 Å². The lowest BCUT2D eigenvalue weighted by Gasteiger charge is -1.97. The quantitative estimate of drug-likeness (QED) is 0.766. The van der Waals surface area contributed by atoms with Crippen molar-refractivity contribution >= 4 is 34.2 Å². The number of hydrogen-bond acceptors (Lipinski definition) is 4. The van der Waals surface area contributed by atoms with Gasteiger partial charge in [0.1, 0.15) is 0 Å². The molecule has 0 saturated heterocycles. The van der Waals surface area contributed by atoms with Gasteiger partial charge in [0.25, 0.3) is 0 Å². The molecular formula is C13H12O2S2. The molecule has 0 radical (unpaired) electrons. The Kier molecular flexibility index (Phi) is 3.86. The van der Waals surface area contributed by atoms with E-state index >= 15 is 0 Å². The zero-order chi connectivity index (χ0) is 12.3. The van der Waals surface area contributed by atoms with E-state index in [2.05, 4.69) is 0 Å². The van der Waals surface area contributed by atoms with E-state index in [4.69, 9.17) is 0 Å². The first-order chi connectivity index (χ1) is 8.16. The summed E-state index contributed by atoms with van der Waals surface area (Å²) in [6, 6.07) is 5.53. The molecule has 0 bridgehead atoms. The highest BCUT2D eigenvalue weighted by Gasteiger charge is 2.12. The minimum absolute atomic E-state index is 0.0571. The van der Waals surface area contributed by atoms with Crippen molar-refractivity contribution in [2.24, 2.45) is 0 Å². The summed E-state index contributed by atoms with van der Waals surface area (Å²) in [7, 11) is 0. The predicted molar refractivity (Wildman–Crippen MR) is 71.3 cm³/mol. The summed E-state index contributed by atoms with van der Waals surface area (Å²) in [5.41, 5.74) is 1.10. The smallest absolute Gasteiger partial charge is 0.173 e. The number of thiophene rings is 2. The van der Waals surface area contributed by atoms with Gasteiger partial charge in [0.05, 0.1) is 9.75 Å². The van der Waals surface area contributed by atoms with E-state index in [-0.39, 0.29) is 11.6 Å². The molecule has 0 aliphatic heterocycles. The average Bonchev–Trinajstić information content (AvgIpc) is 2.95. The number of aryl methyl sites for hydroxylation is 1. The van der Waals surface area contributed by atoms with Crippen LogP contribution >= 0.6 is 22.7 Å². The molecular weight excluding hydrogens is 252 g/mol. The molecule has 88 valence electrons. The van der Waals surface area contributed by atoms with Crippen LogP contribution in [0.25, 0.3) is 0 Å².